The van der Waals surface area contributed by atoms with E-state index in [-0.39, 0.29) is 11.5 Å². The van der Waals surface area contributed by atoms with E-state index < -0.39 is 0 Å². The predicted molar refractivity (Wildman–Crippen MR) is 138 cm³/mol. The summed E-state index contributed by atoms with van der Waals surface area (Å²) in [6.07, 6.45) is 3.40. The number of nitrogens with zero attached hydrogens (tertiary/aromatic N) is 3. The molecule has 150 valence electrons. The van der Waals surface area contributed by atoms with E-state index in [0.717, 1.165) is 22.9 Å². The SMILES string of the molecule is C=CCOc1c(I)cc(C=Nn2c(C(C)C)nc3ccc(Br)cc3c2=O)cc1I. The number of hydrogen-bond donors (Lipinski definition) is 0. The molecule has 0 aliphatic rings. The van der Waals surface area contributed by atoms with Gasteiger partial charge in [-0.1, -0.05) is 42.4 Å². The summed E-state index contributed by atoms with van der Waals surface area (Å²) in [6, 6.07) is 9.43. The van der Waals surface area contributed by atoms with Gasteiger partial charge in [0.05, 0.1) is 24.3 Å². The summed E-state index contributed by atoms with van der Waals surface area (Å²) in [6.45, 7) is 8.12. The van der Waals surface area contributed by atoms with E-state index in [9.17, 15) is 4.79 Å². The van der Waals surface area contributed by atoms with Crippen molar-refractivity contribution in [1.29, 1.82) is 0 Å². The van der Waals surface area contributed by atoms with Gasteiger partial charge in [-0.2, -0.15) is 9.78 Å². The lowest BCUT2D eigenvalue weighted by atomic mass is 10.2. The maximum Gasteiger partial charge on any atom is 0.282 e. The molecule has 5 nitrogen and oxygen atoms in total. The Balaban J connectivity index is 2.08. The number of ether oxygens (including phenoxy) is 1. The third-order valence-corrected chi connectivity index (χ3v) is 6.13. The fourth-order valence-corrected chi connectivity index (χ4v) is 5.20. The first-order valence-corrected chi connectivity index (χ1v) is 11.8. The lowest BCUT2D eigenvalue weighted by Gasteiger charge is -2.12. The Kier molecular flexibility index (Phi) is 7.49. The Morgan fingerprint density at radius 3 is 2.59 bits per heavy atom. The first-order chi connectivity index (χ1) is 13.8. The molecular weight excluding hydrogens is 660 g/mol. The normalized spacial score (nSPS) is 11.5. The standard InChI is InChI=1S/C21H18BrI2N3O2/c1-4-7-29-19-16(23)8-13(9-17(19)24)11-25-27-20(12(2)3)26-18-6-5-14(22)10-15(18)21(27)28/h4-6,8-12H,1,7H2,2-3H3. The average molecular weight is 678 g/mol. The number of aromatic nitrogens is 2. The summed E-state index contributed by atoms with van der Waals surface area (Å²) in [7, 11) is 0. The first kappa shape index (κ1) is 22.4. The molecule has 3 aromatic rings. The Bertz CT molecular complexity index is 1150. The van der Waals surface area contributed by atoms with Crippen LogP contribution in [0.15, 0.2) is 57.4 Å². The lowest BCUT2D eigenvalue weighted by molar-refractivity contribution is 0.358. The fraction of sp³-hybridized carbons (Fsp3) is 0.190. The molecule has 0 fully saturated rings. The maximum absolute atomic E-state index is 13.1. The largest absolute Gasteiger partial charge is 0.487 e. The van der Waals surface area contributed by atoms with Crippen LogP contribution in [0, 0.1) is 7.14 Å². The summed E-state index contributed by atoms with van der Waals surface area (Å²) in [4.78, 5) is 17.8. The van der Waals surface area contributed by atoms with Crippen molar-refractivity contribution in [2.75, 3.05) is 6.61 Å². The Morgan fingerprint density at radius 2 is 1.97 bits per heavy atom. The van der Waals surface area contributed by atoms with Crippen LogP contribution in [0.2, 0.25) is 0 Å². The molecule has 0 saturated heterocycles. The molecule has 0 bridgehead atoms. The minimum Gasteiger partial charge on any atom is -0.487 e. The summed E-state index contributed by atoms with van der Waals surface area (Å²) in [5.41, 5.74) is 1.36. The van der Waals surface area contributed by atoms with Crippen LogP contribution in [0.5, 0.6) is 5.75 Å². The summed E-state index contributed by atoms with van der Waals surface area (Å²) in [5, 5.41) is 5.01. The number of hydrogen-bond acceptors (Lipinski definition) is 4. The minimum atomic E-state index is -0.188. The van der Waals surface area contributed by atoms with Crippen molar-refractivity contribution >= 4 is 78.2 Å². The zero-order chi connectivity index (χ0) is 21.1. The highest BCUT2D eigenvalue weighted by atomic mass is 127. The van der Waals surface area contributed by atoms with Crippen LogP contribution in [0.4, 0.5) is 0 Å². The topological polar surface area (TPSA) is 56.5 Å². The highest BCUT2D eigenvalue weighted by Crippen LogP contribution is 2.28. The first-order valence-electron chi connectivity index (χ1n) is 8.81. The minimum absolute atomic E-state index is 0.0443. The van der Waals surface area contributed by atoms with Crippen LogP contribution in [-0.4, -0.2) is 22.5 Å². The van der Waals surface area contributed by atoms with E-state index in [2.05, 4.69) is 77.8 Å². The van der Waals surface area contributed by atoms with Crippen LogP contribution in [-0.2, 0) is 0 Å². The molecule has 0 amide bonds. The Morgan fingerprint density at radius 1 is 1.28 bits per heavy atom. The van der Waals surface area contributed by atoms with Gasteiger partial charge in [0, 0.05) is 10.4 Å². The number of rotatable bonds is 6. The maximum atomic E-state index is 13.1. The smallest absolute Gasteiger partial charge is 0.282 e. The molecule has 0 aliphatic carbocycles. The lowest BCUT2D eigenvalue weighted by Crippen LogP contribution is -2.23. The Labute approximate surface area is 204 Å². The molecule has 0 spiro atoms. The van der Waals surface area contributed by atoms with Crippen molar-refractivity contribution in [2.45, 2.75) is 19.8 Å². The van der Waals surface area contributed by atoms with Gasteiger partial charge in [-0.25, -0.2) is 4.98 Å². The number of benzene rings is 2. The van der Waals surface area contributed by atoms with Gasteiger partial charge in [0.2, 0.25) is 0 Å². The second-order valence-electron chi connectivity index (χ2n) is 6.56. The van der Waals surface area contributed by atoms with Crippen LogP contribution < -0.4 is 10.3 Å². The van der Waals surface area contributed by atoms with Gasteiger partial charge in [0.1, 0.15) is 18.2 Å². The van der Waals surface area contributed by atoms with Gasteiger partial charge >= 0.3 is 0 Å². The van der Waals surface area contributed by atoms with E-state index >= 15 is 0 Å². The molecular formula is C21H18BrI2N3O2. The van der Waals surface area contributed by atoms with Crippen LogP contribution >= 0.6 is 61.1 Å². The van der Waals surface area contributed by atoms with Gasteiger partial charge < -0.3 is 4.74 Å². The van der Waals surface area contributed by atoms with Crippen molar-refractivity contribution in [2.24, 2.45) is 5.10 Å². The average Bonchev–Trinajstić information content (AvgIpc) is 2.67. The molecule has 3 rings (SSSR count). The second kappa shape index (κ2) is 9.69. The third kappa shape index (κ3) is 5.08. The van der Waals surface area contributed by atoms with E-state index in [1.807, 2.05) is 38.1 Å². The van der Waals surface area contributed by atoms with Gasteiger partial charge in [0.25, 0.3) is 5.56 Å². The summed E-state index contributed by atoms with van der Waals surface area (Å²) >= 11 is 7.89. The second-order valence-corrected chi connectivity index (χ2v) is 9.80. The van der Waals surface area contributed by atoms with E-state index in [1.165, 1.54) is 4.68 Å². The molecule has 0 radical (unpaired) electrons. The van der Waals surface area contributed by atoms with Gasteiger partial charge in [0.15, 0.2) is 0 Å². The third-order valence-electron chi connectivity index (χ3n) is 4.04. The molecule has 0 saturated carbocycles. The molecule has 0 N–H and O–H groups in total. The molecule has 1 aromatic heterocycles. The molecule has 2 aromatic carbocycles. The van der Waals surface area contributed by atoms with Gasteiger partial charge in [-0.15, -0.1) is 0 Å². The van der Waals surface area contributed by atoms with E-state index in [0.29, 0.717) is 23.3 Å². The molecule has 29 heavy (non-hydrogen) atoms. The van der Waals surface area contributed by atoms with E-state index in [1.54, 1.807) is 18.4 Å². The van der Waals surface area contributed by atoms with Crippen LogP contribution in [0.1, 0.15) is 31.2 Å². The van der Waals surface area contributed by atoms with E-state index in [4.69, 9.17) is 4.74 Å². The van der Waals surface area contributed by atoms with Crippen molar-refractivity contribution < 1.29 is 4.74 Å². The highest BCUT2D eigenvalue weighted by Gasteiger charge is 2.14. The van der Waals surface area contributed by atoms with Gasteiger partial charge in [-0.3, -0.25) is 4.79 Å². The summed E-state index contributed by atoms with van der Waals surface area (Å²) in [5.74, 6) is 1.49. The quantitative estimate of drug-likeness (QED) is 0.185. The molecule has 0 aliphatic heterocycles. The predicted octanol–water partition coefficient (Wildman–Crippen LogP) is 5.94. The molecule has 1 heterocycles. The Hall–Kier alpha value is -1.27. The van der Waals surface area contributed by atoms with Crippen molar-refractivity contribution in [3.05, 3.63) is 76.3 Å². The van der Waals surface area contributed by atoms with Crippen molar-refractivity contribution in [1.82, 2.24) is 9.66 Å². The molecule has 8 heteroatoms. The number of halogens is 3. The zero-order valence-corrected chi connectivity index (χ0v) is 21.7. The molecule has 0 unspecified atom stereocenters. The van der Waals surface area contributed by atoms with Crippen molar-refractivity contribution in [3.63, 3.8) is 0 Å². The van der Waals surface area contributed by atoms with Crippen molar-refractivity contribution in [3.8, 4) is 5.75 Å². The highest BCUT2D eigenvalue weighted by molar-refractivity contribution is 14.1. The number of fused-ring (bicyclic) bond motifs is 1. The zero-order valence-electron chi connectivity index (χ0n) is 15.8. The van der Waals surface area contributed by atoms with Crippen LogP contribution in [0.3, 0.4) is 0 Å². The van der Waals surface area contributed by atoms with Crippen LogP contribution in [0.25, 0.3) is 10.9 Å². The fourth-order valence-electron chi connectivity index (χ4n) is 2.71. The van der Waals surface area contributed by atoms with Gasteiger partial charge in [-0.05, 0) is 81.1 Å². The molecule has 0 atom stereocenters. The summed E-state index contributed by atoms with van der Waals surface area (Å²) < 4.78 is 9.87. The monoisotopic (exact) mass is 677 g/mol.